The lowest BCUT2D eigenvalue weighted by atomic mass is 10.0. The van der Waals surface area contributed by atoms with Crippen LogP contribution >= 0.6 is 0 Å². The number of hydrogen-bond donors (Lipinski definition) is 1. The van der Waals surface area contributed by atoms with E-state index in [1.807, 2.05) is 0 Å². The van der Waals surface area contributed by atoms with Crippen molar-refractivity contribution < 1.29 is 45.1 Å². The van der Waals surface area contributed by atoms with Crippen LogP contribution in [0, 0.1) is 5.82 Å². The van der Waals surface area contributed by atoms with Gasteiger partial charge in [-0.25, -0.2) is 18.9 Å². The third-order valence-electron chi connectivity index (χ3n) is 4.82. The number of nitrogens with one attached hydrogen (secondary N) is 1. The molecule has 0 saturated carbocycles. The maximum absolute atomic E-state index is 13.7. The topological polar surface area (TPSA) is 58.6 Å². The van der Waals surface area contributed by atoms with Gasteiger partial charge in [-0.05, 0) is 42.3 Å². The zero-order chi connectivity index (χ0) is 23.8. The molecule has 3 rings (SSSR count). The highest BCUT2D eigenvalue weighted by molar-refractivity contribution is 5.92. The molecular weight excluding hydrogens is 449 g/mol. The number of amides is 3. The summed E-state index contributed by atoms with van der Waals surface area (Å²) in [7, 11) is 0. The summed E-state index contributed by atoms with van der Waals surface area (Å²) < 4.78 is 96.8. The monoisotopic (exact) mass is 464 g/mol. The van der Waals surface area contributed by atoms with Gasteiger partial charge < -0.3 is 10.1 Å². The number of benzene rings is 2. The van der Waals surface area contributed by atoms with Crippen molar-refractivity contribution >= 4 is 12.1 Å². The van der Waals surface area contributed by atoms with Crippen LogP contribution in [0.1, 0.15) is 35.3 Å². The molecule has 1 N–H and O–H groups in total. The molecule has 5 nitrogen and oxygen atoms in total. The lowest BCUT2D eigenvalue weighted by Gasteiger charge is -2.21. The highest BCUT2D eigenvalue weighted by Crippen LogP contribution is 2.37. The molecule has 1 saturated heterocycles. The molecule has 1 aliphatic rings. The van der Waals surface area contributed by atoms with E-state index < -0.39 is 60.1 Å². The van der Waals surface area contributed by atoms with Gasteiger partial charge in [-0.2, -0.15) is 26.3 Å². The second kappa shape index (κ2) is 8.32. The van der Waals surface area contributed by atoms with Gasteiger partial charge in [-0.3, -0.25) is 0 Å². The van der Waals surface area contributed by atoms with Gasteiger partial charge in [-0.15, -0.1) is 0 Å². The third-order valence-corrected chi connectivity index (χ3v) is 4.82. The first-order valence-electron chi connectivity index (χ1n) is 9.09. The van der Waals surface area contributed by atoms with Gasteiger partial charge in [0.2, 0.25) is 0 Å². The molecule has 0 aromatic heterocycles. The van der Waals surface area contributed by atoms with Crippen molar-refractivity contribution in [3.05, 3.63) is 70.5 Å². The molecule has 32 heavy (non-hydrogen) atoms. The van der Waals surface area contributed by atoms with Crippen molar-refractivity contribution in [2.75, 3.05) is 0 Å². The molecule has 0 aliphatic carbocycles. The standard InChI is InChI=1S/C20H15F7N2O3/c1-10-16(12-6-13(19(22,23)24)8-14(21)7-12)32-18(31)29(10)17(30)28-9-11-4-2-3-5-15(11)20(25,26)27/h2-8,10,16H,9H2,1H3,(H,28,30)/t10-,16-/m0/s1. The number of urea groups is 1. The minimum Gasteiger partial charge on any atom is -0.439 e. The van der Waals surface area contributed by atoms with Crippen LogP contribution in [-0.4, -0.2) is 23.1 Å². The largest absolute Gasteiger partial charge is 0.439 e. The maximum atomic E-state index is 13.7. The van der Waals surface area contributed by atoms with Crippen molar-refractivity contribution in [2.24, 2.45) is 0 Å². The summed E-state index contributed by atoms with van der Waals surface area (Å²) in [6.45, 7) is 0.699. The Hall–Kier alpha value is -3.31. The third kappa shape index (κ3) is 4.78. The van der Waals surface area contributed by atoms with E-state index in [1.54, 1.807) is 0 Å². The molecule has 2 atom stereocenters. The average molecular weight is 464 g/mol. The molecule has 0 radical (unpaired) electrons. The number of hydrogen-bond acceptors (Lipinski definition) is 3. The summed E-state index contributed by atoms with van der Waals surface area (Å²) in [4.78, 5) is 25.1. The van der Waals surface area contributed by atoms with Gasteiger partial charge in [0.15, 0.2) is 0 Å². The van der Waals surface area contributed by atoms with Crippen molar-refractivity contribution in [1.82, 2.24) is 10.2 Å². The normalized spacial score (nSPS) is 19.1. The lowest BCUT2D eigenvalue weighted by Crippen LogP contribution is -2.44. The van der Waals surface area contributed by atoms with Crippen LogP contribution in [0.25, 0.3) is 0 Å². The Morgan fingerprint density at radius 3 is 2.34 bits per heavy atom. The Morgan fingerprint density at radius 2 is 1.72 bits per heavy atom. The van der Waals surface area contributed by atoms with Gasteiger partial charge >= 0.3 is 24.5 Å². The van der Waals surface area contributed by atoms with E-state index in [0.717, 1.165) is 18.2 Å². The number of halogens is 7. The first-order valence-corrected chi connectivity index (χ1v) is 9.09. The molecule has 2 aromatic rings. The Kier molecular flexibility index (Phi) is 6.07. The van der Waals surface area contributed by atoms with Crippen LogP contribution in [-0.2, 0) is 23.6 Å². The highest BCUT2D eigenvalue weighted by Gasteiger charge is 2.44. The van der Waals surface area contributed by atoms with Gasteiger partial charge in [0.25, 0.3) is 0 Å². The van der Waals surface area contributed by atoms with Crippen LogP contribution in [0.2, 0.25) is 0 Å². The number of carbonyl (C=O) groups is 2. The number of nitrogens with zero attached hydrogens (tertiary/aromatic N) is 1. The van der Waals surface area contributed by atoms with E-state index in [-0.39, 0.29) is 17.2 Å². The predicted molar refractivity (Wildman–Crippen MR) is 95.6 cm³/mol. The number of alkyl halides is 6. The second-order valence-electron chi connectivity index (χ2n) is 7.00. The molecule has 0 bridgehead atoms. The first-order chi connectivity index (χ1) is 14.8. The van der Waals surface area contributed by atoms with Crippen LogP contribution in [0.5, 0.6) is 0 Å². The van der Waals surface area contributed by atoms with E-state index in [4.69, 9.17) is 4.74 Å². The molecular formula is C20H15F7N2O3. The summed E-state index contributed by atoms with van der Waals surface area (Å²) in [6.07, 6.45) is -12.2. The van der Waals surface area contributed by atoms with Gasteiger partial charge in [0.1, 0.15) is 11.9 Å². The molecule has 12 heteroatoms. The molecule has 3 amide bonds. The highest BCUT2D eigenvalue weighted by atomic mass is 19.4. The Labute approximate surface area is 176 Å². The van der Waals surface area contributed by atoms with Gasteiger partial charge in [0, 0.05) is 6.54 Å². The maximum Gasteiger partial charge on any atom is 0.419 e. The fourth-order valence-electron chi connectivity index (χ4n) is 3.33. The van der Waals surface area contributed by atoms with Crippen molar-refractivity contribution in [1.29, 1.82) is 0 Å². The number of ether oxygens (including phenoxy) is 1. The molecule has 0 spiro atoms. The summed E-state index contributed by atoms with van der Waals surface area (Å²) in [5.41, 5.74) is -2.86. The smallest absolute Gasteiger partial charge is 0.419 e. The van der Waals surface area contributed by atoms with E-state index in [9.17, 15) is 40.3 Å². The van der Waals surface area contributed by atoms with E-state index >= 15 is 0 Å². The minimum atomic E-state index is -4.86. The van der Waals surface area contributed by atoms with E-state index in [0.29, 0.717) is 11.0 Å². The Morgan fingerprint density at radius 1 is 1.06 bits per heavy atom. The Bertz CT molecular complexity index is 1040. The van der Waals surface area contributed by atoms with Crippen LogP contribution in [0.4, 0.5) is 40.3 Å². The molecule has 0 unspecified atom stereocenters. The summed E-state index contributed by atoms with van der Waals surface area (Å²) in [6, 6.07) is 3.80. The summed E-state index contributed by atoms with van der Waals surface area (Å²) in [5, 5.41) is 2.17. The predicted octanol–water partition coefficient (Wildman–Crippen LogP) is 5.65. The van der Waals surface area contributed by atoms with Gasteiger partial charge in [0.05, 0.1) is 17.2 Å². The number of imide groups is 1. The van der Waals surface area contributed by atoms with Crippen LogP contribution in [0.3, 0.4) is 0 Å². The zero-order valence-electron chi connectivity index (χ0n) is 16.2. The molecule has 2 aromatic carbocycles. The lowest BCUT2D eigenvalue weighted by molar-refractivity contribution is -0.138. The molecule has 1 aliphatic heterocycles. The average Bonchev–Trinajstić information content (AvgIpc) is 2.98. The fraction of sp³-hybridized carbons (Fsp3) is 0.300. The molecule has 1 heterocycles. The van der Waals surface area contributed by atoms with E-state index in [2.05, 4.69) is 5.32 Å². The quantitative estimate of drug-likeness (QED) is 0.597. The summed E-state index contributed by atoms with van der Waals surface area (Å²) >= 11 is 0. The second-order valence-corrected chi connectivity index (χ2v) is 7.00. The fourth-order valence-corrected chi connectivity index (χ4v) is 3.33. The SMILES string of the molecule is C[C@H]1[C@@H](c2cc(F)cc(C(F)(F)F)c2)OC(=O)N1C(=O)NCc1ccccc1C(F)(F)F. The number of cyclic esters (lactones) is 1. The van der Waals surface area contributed by atoms with Gasteiger partial charge in [-0.1, -0.05) is 18.2 Å². The summed E-state index contributed by atoms with van der Waals surface area (Å²) in [5.74, 6) is -1.22. The van der Waals surface area contributed by atoms with Crippen LogP contribution in [0.15, 0.2) is 42.5 Å². The van der Waals surface area contributed by atoms with Crippen molar-refractivity contribution in [2.45, 2.75) is 38.0 Å². The zero-order valence-corrected chi connectivity index (χ0v) is 16.2. The van der Waals surface area contributed by atoms with Crippen molar-refractivity contribution in [3.8, 4) is 0 Å². The minimum absolute atomic E-state index is 0.259. The first kappa shape index (κ1) is 23.4. The molecule has 172 valence electrons. The van der Waals surface area contributed by atoms with Crippen LogP contribution < -0.4 is 5.32 Å². The number of rotatable bonds is 3. The van der Waals surface area contributed by atoms with Crippen molar-refractivity contribution in [3.63, 3.8) is 0 Å². The Balaban J connectivity index is 1.78. The van der Waals surface area contributed by atoms with E-state index in [1.165, 1.54) is 19.1 Å². The molecule has 1 fully saturated rings. The number of carbonyl (C=O) groups excluding carboxylic acids is 2.